The fourth-order valence-corrected chi connectivity index (χ4v) is 2.75. The van der Waals surface area contributed by atoms with E-state index in [1.54, 1.807) is 6.08 Å². The summed E-state index contributed by atoms with van der Waals surface area (Å²) in [6.45, 7) is 4.13. The Kier molecular flexibility index (Phi) is 4.80. The first kappa shape index (κ1) is 15.0. The minimum atomic E-state index is -0.957. The number of hydrogen-bond acceptors (Lipinski definition) is 2. The summed E-state index contributed by atoms with van der Waals surface area (Å²) in [6.07, 6.45) is 2.42. The van der Waals surface area contributed by atoms with Crippen LogP contribution in [-0.2, 0) is 16.0 Å². The number of carboxylic acids is 1. The highest BCUT2D eigenvalue weighted by atomic mass is 127. The SMILES string of the molecule is C=CC1CC(=O)N([C@@H](Cc2ccc(I)cc2)C(=O)O)C1. The normalized spacial score (nSPS) is 19.9. The van der Waals surface area contributed by atoms with E-state index in [1.807, 2.05) is 24.3 Å². The maximum absolute atomic E-state index is 11.9. The molecule has 0 bridgehead atoms. The summed E-state index contributed by atoms with van der Waals surface area (Å²) in [5.41, 5.74) is 0.924. The Morgan fingerprint density at radius 2 is 2.15 bits per heavy atom. The topological polar surface area (TPSA) is 57.6 Å². The van der Waals surface area contributed by atoms with Crippen molar-refractivity contribution in [1.29, 1.82) is 0 Å². The molecule has 1 aromatic rings. The number of halogens is 1. The van der Waals surface area contributed by atoms with Gasteiger partial charge in [-0.1, -0.05) is 18.2 Å². The van der Waals surface area contributed by atoms with Gasteiger partial charge in [0.25, 0.3) is 0 Å². The van der Waals surface area contributed by atoms with Gasteiger partial charge in [-0.3, -0.25) is 4.79 Å². The Morgan fingerprint density at radius 1 is 1.50 bits per heavy atom. The maximum Gasteiger partial charge on any atom is 0.326 e. The van der Waals surface area contributed by atoms with Crippen molar-refractivity contribution in [3.8, 4) is 0 Å². The molecule has 0 saturated carbocycles. The van der Waals surface area contributed by atoms with E-state index in [0.717, 1.165) is 9.13 Å². The molecule has 1 aliphatic heterocycles. The second-order valence-electron chi connectivity index (χ2n) is 4.93. The minimum absolute atomic E-state index is 0.0565. The summed E-state index contributed by atoms with van der Waals surface area (Å²) in [7, 11) is 0. The number of nitrogens with zero attached hydrogens (tertiary/aromatic N) is 1. The number of carbonyl (C=O) groups is 2. The van der Waals surface area contributed by atoms with Crippen molar-refractivity contribution in [2.75, 3.05) is 6.54 Å². The number of amides is 1. The molecular formula is C15H16INO3. The van der Waals surface area contributed by atoms with Crippen LogP contribution in [0.15, 0.2) is 36.9 Å². The third-order valence-electron chi connectivity index (χ3n) is 3.53. The lowest BCUT2D eigenvalue weighted by atomic mass is 10.0. The van der Waals surface area contributed by atoms with Gasteiger partial charge in [-0.2, -0.15) is 0 Å². The van der Waals surface area contributed by atoms with Crippen LogP contribution in [0, 0.1) is 9.49 Å². The number of likely N-dealkylation sites (tertiary alicyclic amines) is 1. The second-order valence-corrected chi connectivity index (χ2v) is 6.18. The summed E-state index contributed by atoms with van der Waals surface area (Å²) in [6, 6.07) is 6.89. The van der Waals surface area contributed by atoms with Crippen molar-refractivity contribution < 1.29 is 14.7 Å². The molecule has 1 N–H and O–H groups in total. The van der Waals surface area contributed by atoms with Crippen molar-refractivity contribution in [2.45, 2.75) is 18.9 Å². The Morgan fingerprint density at radius 3 is 2.65 bits per heavy atom. The second kappa shape index (κ2) is 6.39. The highest BCUT2D eigenvalue weighted by molar-refractivity contribution is 14.1. The number of carbonyl (C=O) groups excluding carboxylic acids is 1. The molecule has 106 valence electrons. The van der Waals surface area contributed by atoms with Crippen LogP contribution in [0.4, 0.5) is 0 Å². The van der Waals surface area contributed by atoms with Crippen molar-refractivity contribution in [2.24, 2.45) is 5.92 Å². The van der Waals surface area contributed by atoms with Crippen molar-refractivity contribution >= 4 is 34.5 Å². The fraction of sp³-hybridized carbons (Fsp3) is 0.333. The van der Waals surface area contributed by atoms with Gasteiger partial charge < -0.3 is 10.0 Å². The van der Waals surface area contributed by atoms with Crippen LogP contribution in [0.1, 0.15) is 12.0 Å². The molecule has 0 spiro atoms. The first-order valence-corrected chi connectivity index (χ1v) is 7.48. The zero-order valence-corrected chi connectivity index (χ0v) is 13.1. The van der Waals surface area contributed by atoms with Crippen LogP contribution in [0.5, 0.6) is 0 Å². The summed E-state index contributed by atoms with van der Waals surface area (Å²) >= 11 is 2.20. The number of hydrogen-bond donors (Lipinski definition) is 1. The van der Waals surface area contributed by atoms with Gasteiger partial charge in [0.15, 0.2) is 0 Å². The minimum Gasteiger partial charge on any atom is -0.480 e. The first-order valence-electron chi connectivity index (χ1n) is 6.40. The van der Waals surface area contributed by atoms with Gasteiger partial charge in [-0.15, -0.1) is 6.58 Å². The first-order chi connectivity index (χ1) is 9.51. The molecular weight excluding hydrogens is 369 g/mol. The Balaban J connectivity index is 2.15. The Hall–Kier alpha value is -1.37. The molecule has 1 aliphatic rings. The molecule has 0 aliphatic carbocycles. The molecule has 5 heteroatoms. The largest absolute Gasteiger partial charge is 0.480 e. The lowest BCUT2D eigenvalue weighted by Gasteiger charge is -2.24. The van der Waals surface area contributed by atoms with E-state index < -0.39 is 12.0 Å². The molecule has 2 atom stereocenters. The van der Waals surface area contributed by atoms with E-state index in [-0.39, 0.29) is 11.8 Å². The van der Waals surface area contributed by atoms with Crippen LogP contribution < -0.4 is 0 Å². The van der Waals surface area contributed by atoms with Gasteiger partial charge in [0.2, 0.25) is 5.91 Å². The molecule has 20 heavy (non-hydrogen) atoms. The lowest BCUT2D eigenvalue weighted by molar-refractivity contribution is -0.148. The van der Waals surface area contributed by atoms with Crippen LogP contribution >= 0.6 is 22.6 Å². The zero-order valence-electron chi connectivity index (χ0n) is 11.0. The smallest absolute Gasteiger partial charge is 0.326 e. The molecule has 1 heterocycles. The molecule has 4 nitrogen and oxygen atoms in total. The van der Waals surface area contributed by atoms with E-state index in [1.165, 1.54) is 4.90 Å². The maximum atomic E-state index is 11.9. The lowest BCUT2D eigenvalue weighted by Crippen LogP contribution is -2.43. The highest BCUT2D eigenvalue weighted by Gasteiger charge is 2.36. The molecule has 1 fully saturated rings. The zero-order chi connectivity index (χ0) is 14.7. The van der Waals surface area contributed by atoms with E-state index >= 15 is 0 Å². The van der Waals surface area contributed by atoms with Gasteiger partial charge in [-0.05, 0) is 40.3 Å². The summed E-state index contributed by atoms with van der Waals surface area (Å²) in [5, 5.41) is 9.41. The Bertz CT molecular complexity index is 526. The predicted octanol–water partition coefficient (Wildman–Crippen LogP) is 2.32. The van der Waals surface area contributed by atoms with Crippen molar-refractivity contribution in [3.63, 3.8) is 0 Å². The monoisotopic (exact) mass is 385 g/mol. The van der Waals surface area contributed by atoms with Gasteiger partial charge >= 0.3 is 5.97 Å². The number of rotatable bonds is 5. The van der Waals surface area contributed by atoms with E-state index in [0.29, 0.717) is 19.4 Å². The highest BCUT2D eigenvalue weighted by Crippen LogP contribution is 2.23. The quantitative estimate of drug-likeness (QED) is 0.625. The van der Waals surface area contributed by atoms with Crippen LogP contribution in [0.25, 0.3) is 0 Å². The Labute approximate surface area is 131 Å². The summed E-state index contributed by atoms with van der Waals surface area (Å²) in [4.78, 5) is 24.9. The average Bonchev–Trinajstić information content (AvgIpc) is 2.79. The fourth-order valence-electron chi connectivity index (χ4n) is 2.39. The van der Waals surface area contributed by atoms with Crippen LogP contribution in [0.2, 0.25) is 0 Å². The third-order valence-corrected chi connectivity index (χ3v) is 4.24. The van der Waals surface area contributed by atoms with E-state index in [9.17, 15) is 14.7 Å². The summed E-state index contributed by atoms with van der Waals surface area (Å²) < 4.78 is 1.10. The van der Waals surface area contributed by atoms with Gasteiger partial charge in [0.05, 0.1) is 0 Å². The van der Waals surface area contributed by atoms with Crippen LogP contribution in [0.3, 0.4) is 0 Å². The van der Waals surface area contributed by atoms with Gasteiger partial charge in [-0.25, -0.2) is 4.79 Å². The van der Waals surface area contributed by atoms with Gasteiger partial charge in [0, 0.05) is 28.9 Å². The number of carboxylic acid groups (broad SMARTS) is 1. The van der Waals surface area contributed by atoms with Gasteiger partial charge in [0.1, 0.15) is 6.04 Å². The molecule has 0 aromatic heterocycles. The molecule has 1 amide bonds. The number of aliphatic carboxylic acids is 1. The summed E-state index contributed by atoms with van der Waals surface area (Å²) in [5.74, 6) is -1.00. The average molecular weight is 385 g/mol. The van der Waals surface area contributed by atoms with E-state index in [2.05, 4.69) is 29.2 Å². The van der Waals surface area contributed by atoms with Crippen molar-refractivity contribution in [1.82, 2.24) is 4.90 Å². The molecule has 0 radical (unpaired) electrons. The molecule has 1 unspecified atom stereocenters. The van der Waals surface area contributed by atoms with E-state index in [4.69, 9.17) is 0 Å². The van der Waals surface area contributed by atoms with Crippen LogP contribution in [-0.4, -0.2) is 34.5 Å². The third kappa shape index (κ3) is 3.39. The molecule has 2 rings (SSSR count). The predicted molar refractivity (Wildman–Crippen MR) is 84.3 cm³/mol. The van der Waals surface area contributed by atoms with Crippen molar-refractivity contribution in [3.05, 3.63) is 46.1 Å². The standard InChI is InChI=1S/C15H16INO3/c1-2-10-8-14(18)17(9-10)13(15(19)20)7-11-3-5-12(16)6-4-11/h2-6,10,13H,1,7-9H2,(H,19,20)/t10?,13-/m0/s1. The molecule has 1 saturated heterocycles. The number of benzene rings is 1. The molecule has 1 aromatic carbocycles.